The van der Waals surface area contributed by atoms with Crippen LogP contribution in [0.4, 0.5) is 5.13 Å². The van der Waals surface area contributed by atoms with Gasteiger partial charge in [-0.1, -0.05) is 35.9 Å². The van der Waals surface area contributed by atoms with Gasteiger partial charge in [0, 0.05) is 22.5 Å². The second-order valence-corrected chi connectivity index (χ2v) is 8.30. The number of nitrogens with zero attached hydrogens (tertiary/aromatic N) is 2. The number of hydrogen-bond donors (Lipinski definition) is 1. The minimum Gasteiger partial charge on any atom is -0.302 e. The molecule has 0 fully saturated rings. The van der Waals surface area contributed by atoms with Crippen LogP contribution in [0.2, 0.25) is 5.02 Å². The van der Waals surface area contributed by atoms with Crippen LogP contribution < -0.4 is 5.32 Å². The number of benzene rings is 2. The molecule has 1 aliphatic rings. The number of rotatable bonds is 4. The van der Waals surface area contributed by atoms with Gasteiger partial charge in [0.2, 0.25) is 5.91 Å². The number of nitrogens with one attached hydrogen (secondary N) is 1. The van der Waals surface area contributed by atoms with Gasteiger partial charge in [0.25, 0.3) is 11.8 Å². The first-order valence-electron chi connectivity index (χ1n) is 8.82. The highest BCUT2D eigenvalue weighted by atomic mass is 35.5. The van der Waals surface area contributed by atoms with E-state index in [-0.39, 0.29) is 24.1 Å². The molecule has 0 saturated carbocycles. The number of carbonyl (C=O) groups is 3. The Hall–Kier alpha value is -3.03. The van der Waals surface area contributed by atoms with E-state index in [1.165, 1.54) is 18.4 Å². The van der Waals surface area contributed by atoms with Crippen molar-refractivity contribution >= 4 is 45.8 Å². The van der Waals surface area contributed by atoms with E-state index in [0.29, 0.717) is 26.8 Å². The second-order valence-electron chi connectivity index (χ2n) is 6.66. The van der Waals surface area contributed by atoms with Gasteiger partial charge in [0.1, 0.15) is 0 Å². The van der Waals surface area contributed by atoms with Gasteiger partial charge < -0.3 is 5.32 Å². The lowest BCUT2D eigenvalue weighted by Gasteiger charge is -2.07. The fraction of sp³-hybridized carbons (Fsp3) is 0.143. The van der Waals surface area contributed by atoms with Crippen molar-refractivity contribution in [1.82, 2.24) is 9.88 Å². The second kappa shape index (κ2) is 7.42. The fourth-order valence-electron chi connectivity index (χ4n) is 3.28. The van der Waals surface area contributed by atoms with Crippen LogP contribution in [0.25, 0.3) is 11.3 Å². The molecule has 6 nitrogen and oxygen atoms in total. The minimum atomic E-state index is -0.386. The summed E-state index contributed by atoms with van der Waals surface area (Å²) in [6, 6.07) is 12.3. The van der Waals surface area contributed by atoms with Crippen molar-refractivity contribution in [2.45, 2.75) is 13.3 Å². The van der Waals surface area contributed by atoms with Gasteiger partial charge in [-0.25, -0.2) is 4.98 Å². The van der Waals surface area contributed by atoms with Crippen molar-refractivity contribution in [2.75, 3.05) is 12.4 Å². The quantitative estimate of drug-likeness (QED) is 0.636. The summed E-state index contributed by atoms with van der Waals surface area (Å²) in [4.78, 5) is 43.6. The van der Waals surface area contributed by atoms with Crippen molar-refractivity contribution in [1.29, 1.82) is 0 Å². The lowest BCUT2D eigenvalue weighted by molar-refractivity contribution is -0.115. The molecule has 1 N–H and O–H groups in total. The normalized spacial score (nSPS) is 13.0. The molecule has 2 heterocycles. The Labute approximate surface area is 176 Å². The van der Waals surface area contributed by atoms with Crippen LogP contribution >= 0.6 is 22.9 Å². The zero-order valence-electron chi connectivity index (χ0n) is 15.7. The number of aromatic nitrogens is 1. The minimum absolute atomic E-state index is 0.0229. The maximum absolute atomic E-state index is 12.6. The van der Waals surface area contributed by atoms with E-state index in [4.69, 9.17) is 11.6 Å². The van der Waals surface area contributed by atoms with Gasteiger partial charge in [-0.3, -0.25) is 19.3 Å². The maximum atomic E-state index is 12.6. The molecule has 3 aromatic rings. The standard InChI is InChI=1S/C21H16ClN3O3S/c1-11-18(12-6-8-14(22)9-7-12)24-21(29-11)23-16(26)10-13-4-3-5-15-17(13)20(28)25(2)19(15)27/h3-9H,10H2,1-2H3,(H,23,24,26). The average Bonchev–Trinajstić information content (AvgIpc) is 3.16. The molecule has 0 atom stereocenters. The van der Waals surface area contributed by atoms with E-state index in [1.54, 1.807) is 30.3 Å². The first kappa shape index (κ1) is 19.3. The molecule has 0 unspecified atom stereocenters. The average molecular weight is 426 g/mol. The third-order valence-corrected chi connectivity index (χ3v) is 5.85. The lowest BCUT2D eigenvalue weighted by atomic mass is 10.00. The molecule has 146 valence electrons. The third-order valence-electron chi connectivity index (χ3n) is 4.72. The van der Waals surface area contributed by atoms with Crippen LogP contribution in [0.15, 0.2) is 42.5 Å². The molecule has 0 spiro atoms. The summed E-state index contributed by atoms with van der Waals surface area (Å²) in [7, 11) is 1.44. The number of hydrogen-bond acceptors (Lipinski definition) is 5. The highest BCUT2D eigenvalue weighted by Crippen LogP contribution is 2.31. The van der Waals surface area contributed by atoms with Crippen molar-refractivity contribution < 1.29 is 14.4 Å². The van der Waals surface area contributed by atoms with Crippen LogP contribution in [-0.4, -0.2) is 34.7 Å². The molecular formula is C21H16ClN3O3S. The Balaban J connectivity index is 1.54. The number of thiazole rings is 1. The number of aryl methyl sites for hydroxylation is 1. The SMILES string of the molecule is Cc1sc(NC(=O)Cc2cccc3c2C(=O)N(C)C3=O)nc1-c1ccc(Cl)cc1. The van der Waals surface area contributed by atoms with Gasteiger partial charge in [-0.05, 0) is 30.7 Å². The molecule has 4 rings (SSSR count). The van der Waals surface area contributed by atoms with Crippen LogP contribution in [0.1, 0.15) is 31.2 Å². The number of amides is 3. The summed E-state index contributed by atoms with van der Waals surface area (Å²) < 4.78 is 0. The van der Waals surface area contributed by atoms with Gasteiger partial charge in [-0.15, -0.1) is 11.3 Å². The lowest BCUT2D eigenvalue weighted by Crippen LogP contribution is -2.24. The fourth-order valence-corrected chi connectivity index (χ4v) is 4.26. The van der Waals surface area contributed by atoms with E-state index in [1.807, 2.05) is 19.1 Å². The monoisotopic (exact) mass is 425 g/mol. The molecule has 0 bridgehead atoms. The number of fused-ring (bicyclic) bond motifs is 1. The van der Waals surface area contributed by atoms with E-state index < -0.39 is 0 Å². The zero-order valence-corrected chi connectivity index (χ0v) is 17.2. The summed E-state index contributed by atoms with van der Waals surface area (Å²) in [6.45, 7) is 1.93. The topological polar surface area (TPSA) is 79.4 Å². The molecule has 8 heteroatoms. The van der Waals surface area contributed by atoms with Crippen molar-refractivity contribution in [3.8, 4) is 11.3 Å². The molecule has 0 saturated heterocycles. The van der Waals surface area contributed by atoms with Crippen LogP contribution in [0, 0.1) is 6.92 Å². The molecule has 1 aliphatic heterocycles. The number of carbonyl (C=O) groups excluding carboxylic acids is 3. The van der Waals surface area contributed by atoms with Gasteiger partial charge in [0.15, 0.2) is 5.13 Å². The van der Waals surface area contributed by atoms with E-state index in [9.17, 15) is 14.4 Å². The highest BCUT2D eigenvalue weighted by Gasteiger charge is 2.34. The molecule has 3 amide bonds. The summed E-state index contributed by atoms with van der Waals surface area (Å²) >= 11 is 7.31. The van der Waals surface area contributed by atoms with E-state index >= 15 is 0 Å². The van der Waals surface area contributed by atoms with Crippen molar-refractivity contribution in [2.24, 2.45) is 0 Å². The molecular weight excluding hydrogens is 410 g/mol. The zero-order chi connectivity index (χ0) is 20.7. The Morgan fingerprint density at radius 2 is 1.86 bits per heavy atom. The highest BCUT2D eigenvalue weighted by molar-refractivity contribution is 7.16. The third kappa shape index (κ3) is 3.54. The van der Waals surface area contributed by atoms with Crippen molar-refractivity contribution in [3.05, 3.63) is 69.1 Å². The summed E-state index contributed by atoms with van der Waals surface area (Å²) in [6.07, 6.45) is -0.0229. The predicted molar refractivity (Wildman–Crippen MR) is 112 cm³/mol. The Bertz CT molecular complexity index is 1150. The molecule has 2 aromatic carbocycles. The summed E-state index contributed by atoms with van der Waals surface area (Å²) in [5, 5.41) is 3.91. The van der Waals surface area contributed by atoms with Crippen LogP contribution in [0.5, 0.6) is 0 Å². The summed E-state index contributed by atoms with van der Waals surface area (Å²) in [5.41, 5.74) is 2.85. The van der Waals surface area contributed by atoms with Crippen molar-refractivity contribution in [3.63, 3.8) is 0 Å². The van der Waals surface area contributed by atoms with Crippen LogP contribution in [-0.2, 0) is 11.2 Å². The maximum Gasteiger partial charge on any atom is 0.261 e. The number of anilines is 1. The molecule has 29 heavy (non-hydrogen) atoms. The van der Waals surface area contributed by atoms with Gasteiger partial charge >= 0.3 is 0 Å². The van der Waals surface area contributed by atoms with Gasteiger partial charge in [-0.2, -0.15) is 0 Å². The number of imide groups is 1. The predicted octanol–water partition coefficient (Wildman–Crippen LogP) is 4.18. The Kier molecular flexibility index (Phi) is 4.94. The largest absolute Gasteiger partial charge is 0.302 e. The molecule has 1 aromatic heterocycles. The first-order chi connectivity index (χ1) is 13.8. The van der Waals surface area contributed by atoms with E-state index in [0.717, 1.165) is 21.0 Å². The summed E-state index contributed by atoms with van der Waals surface area (Å²) in [5.74, 6) is -1.04. The first-order valence-corrected chi connectivity index (χ1v) is 10.0. The number of halogens is 1. The van der Waals surface area contributed by atoms with Crippen LogP contribution in [0.3, 0.4) is 0 Å². The smallest absolute Gasteiger partial charge is 0.261 e. The van der Waals surface area contributed by atoms with E-state index in [2.05, 4.69) is 10.3 Å². The van der Waals surface area contributed by atoms with Gasteiger partial charge in [0.05, 0.1) is 23.2 Å². The molecule has 0 radical (unpaired) electrons. The molecule has 0 aliphatic carbocycles. The Morgan fingerprint density at radius 1 is 1.14 bits per heavy atom. The Morgan fingerprint density at radius 3 is 2.59 bits per heavy atom.